The van der Waals surface area contributed by atoms with Crippen molar-refractivity contribution >= 4 is 16.1 Å². The first-order chi connectivity index (χ1) is 12.0. The number of hydrogen-bond donors (Lipinski definition) is 2. The summed E-state index contributed by atoms with van der Waals surface area (Å²) in [7, 11) is -4.06. The summed E-state index contributed by atoms with van der Waals surface area (Å²) in [5, 5.41) is 13.7. The van der Waals surface area contributed by atoms with Gasteiger partial charge in [0.15, 0.2) is 5.69 Å². The van der Waals surface area contributed by atoms with Crippen LogP contribution < -0.4 is 4.72 Å². The van der Waals surface area contributed by atoms with Gasteiger partial charge in [0, 0.05) is 18.7 Å². The number of carbonyl (C=O) groups excluding carboxylic acids is 1. The van der Waals surface area contributed by atoms with Crippen molar-refractivity contribution in [2.24, 2.45) is 11.8 Å². The van der Waals surface area contributed by atoms with Crippen LogP contribution in [0.3, 0.4) is 0 Å². The predicted octanol–water partition coefficient (Wildman–Crippen LogP) is 1.17. The lowest BCUT2D eigenvalue weighted by Gasteiger charge is -2.28. The van der Waals surface area contributed by atoms with Crippen molar-refractivity contribution in [2.45, 2.75) is 19.6 Å². The molecule has 12 heteroatoms. The highest BCUT2D eigenvalue weighted by Crippen LogP contribution is 2.32. The third-order valence-electron chi connectivity index (χ3n) is 4.15. The highest BCUT2D eigenvalue weighted by molar-refractivity contribution is 7.88. The summed E-state index contributed by atoms with van der Waals surface area (Å²) in [6, 6.07) is 0.854. The van der Waals surface area contributed by atoms with Crippen molar-refractivity contribution in [3.63, 3.8) is 0 Å². The molecule has 2 heterocycles. The van der Waals surface area contributed by atoms with E-state index in [-0.39, 0.29) is 23.9 Å². The number of nitrogens with zero attached hydrogens (tertiary/aromatic N) is 3. The molecule has 142 valence electrons. The van der Waals surface area contributed by atoms with E-state index in [1.165, 1.54) is 18.3 Å². The number of halogens is 3. The van der Waals surface area contributed by atoms with Gasteiger partial charge >= 0.3 is 16.4 Å². The molecular formula is C14H15F3N4O4S. The van der Waals surface area contributed by atoms with Crippen molar-refractivity contribution < 1.29 is 31.5 Å². The third kappa shape index (κ3) is 3.41. The molecule has 0 radical (unpaired) electrons. The summed E-state index contributed by atoms with van der Waals surface area (Å²) in [6.07, 6.45) is -0.537. The molecule has 0 aromatic carbocycles. The molecule has 1 fully saturated rings. The number of hydrogen-bond acceptors (Lipinski definition) is 5. The lowest BCUT2D eigenvalue weighted by Crippen LogP contribution is -2.32. The first-order valence-electron chi connectivity index (χ1n) is 7.54. The number of nitrogens with one attached hydrogen (secondary N) is 1. The average Bonchev–Trinajstić information content (AvgIpc) is 3.06. The van der Waals surface area contributed by atoms with Crippen LogP contribution in [0.15, 0.2) is 35.9 Å². The van der Waals surface area contributed by atoms with Crippen LogP contribution in [0.25, 0.3) is 0 Å². The molecule has 1 aromatic heterocycles. The van der Waals surface area contributed by atoms with Crippen LogP contribution in [-0.4, -0.2) is 40.1 Å². The van der Waals surface area contributed by atoms with E-state index in [1.807, 2.05) is 0 Å². The van der Waals surface area contributed by atoms with Gasteiger partial charge in [-0.1, -0.05) is 13.0 Å². The minimum absolute atomic E-state index is 0.0384. The molecule has 0 bridgehead atoms. The van der Waals surface area contributed by atoms with Gasteiger partial charge in [-0.2, -0.15) is 26.7 Å². The minimum Gasteiger partial charge on any atom is -0.506 e. The molecule has 1 aromatic rings. The Labute approximate surface area is 146 Å². The Morgan fingerprint density at radius 3 is 2.62 bits per heavy atom. The Morgan fingerprint density at radius 1 is 1.38 bits per heavy atom. The zero-order chi connectivity index (χ0) is 19.3. The van der Waals surface area contributed by atoms with Gasteiger partial charge in [-0.3, -0.25) is 9.48 Å². The zero-order valence-corrected chi connectivity index (χ0v) is 14.3. The smallest absolute Gasteiger partial charge is 0.435 e. The molecule has 1 saturated heterocycles. The molecular weight excluding hydrogens is 377 g/mol. The molecule has 1 amide bonds. The Bertz CT molecular complexity index is 904. The number of rotatable bonds is 3. The highest BCUT2D eigenvalue weighted by atomic mass is 32.2. The summed E-state index contributed by atoms with van der Waals surface area (Å²) >= 11 is 0. The van der Waals surface area contributed by atoms with E-state index in [0.29, 0.717) is 0 Å². The maximum absolute atomic E-state index is 12.6. The first kappa shape index (κ1) is 18.3. The van der Waals surface area contributed by atoms with Gasteiger partial charge in [0.25, 0.3) is 5.91 Å². The molecule has 3 rings (SSSR count). The van der Waals surface area contributed by atoms with E-state index in [4.69, 9.17) is 0 Å². The summed E-state index contributed by atoms with van der Waals surface area (Å²) in [6.45, 7) is 1.34. The number of aliphatic hydroxyl groups excluding tert-OH is 1. The number of aliphatic hydroxyl groups is 1. The molecule has 2 aliphatic rings. The van der Waals surface area contributed by atoms with Gasteiger partial charge in [0.2, 0.25) is 0 Å². The standard InChI is InChI=1S/C14H15F3N4O4S/c1-8-4-10(21-7-13(23)19-26(21,24)25)11(22)5-9(8)6-20-3-2-12(18-20)14(15,16)17/h2-5,8-9,22H,6-7H2,1H3,(H,19,23). The van der Waals surface area contributed by atoms with E-state index in [2.05, 4.69) is 5.10 Å². The number of carbonyl (C=O) groups is 1. The second kappa shape index (κ2) is 6.04. The normalized spacial score (nSPS) is 25.7. The largest absolute Gasteiger partial charge is 0.506 e. The van der Waals surface area contributed by atoms with E-state index in [0.717, 1.165) is 15.1 Å². The third-order valence-corrected chi connectivity index (χ3v) is 5.54. The van der Waals surface area contributed by atoms with Crippen LogP contribution in [0.5, 0.6) is 0 Å². The maximum atomic E-state index is 12.6. The minimum atomic E-state index is -4.54. The van der Waals surface area contributed by atoms with E-state index in [1.54, 1.807) is 11.6 Å². The van der Waals surface area contributed by atoms with Crippen LogP contribution in [0.1, 0.15) is 12.6 Å². The number of aromatic nitrogens is 2. The van der Waals surface area contributed by atoms with Gasteiger partial charge in [0.1, 0.15) is 12.3 Å². The van der Waals surface area contributed by atoms with Gasteiger partial charge < -0.3 is 5.11 Å². The molecule has 2 unspecified atom stereocenters. The summed E-state index contributed by atoms with van der Waals surface area (Å²) < 4.78 is 65.3. The maximum Gasteiger partial charge on any atom is 0.435 e. The first-order valence-corrected chi connectivity index (χ1v) is 8.98. The second-order valence-electron chi connectivity index (χ2n) is 6.08. The van der Waals surface area contributed by atoms with Crippen molar-refractivity contribution in [1.82, 2.24) is 18.8 Å². The fourth-order valence-corrected chi connectivity index (χ4v) is 3.98. The number of allylic oxidation sites excluding steroid dienone is 2. The van der Waals surface area contributed by atoms with Crippen molar-refractivity contribution in [2.75, 3.05) is 6.54 Å². The molecule has 2 atom stereocenters. The van der Waals surface area contributed by atoms with E-state index in [9.17, 15) is 31.5 Å². The molecule has 2 N–H and O–H groups in total. The lowest BCUT2D eigenvalue weighted by atomic mass is 9.88. The lowest BCUT2D eigenvalue weighted by molar-refractivity contribution is -0.141. The van der Waals surface area contributed by atoms with Crippen LogP contribution in [0, 0.1) is 11.8 Å². The van der Waals surface area contributed by atoms with Crippen LogP contribution in [0.2, 0.25) is 0 Å². The highest BCUT2D eigenvalue weighted by Gasteiger charge is 2.39. The van der Waals surface area contributed by atoms with Gasteiger partial charge in [-0.15, -0.1) is 0 Å². The van der Waals surface area contributed by atoms with E-state index < -0.39 is 40.4 Å². The van der Waals surface area contributed by atoms with Gasteiger partial charge in [0.05, 0.1) is 5.70 Å². The van der Waals surface area contributed by atoms with Crippen LogP contribution in [0.4, 0.5) is 13.2 Å². The Hall–Kier alpha value is -2.50. The van der Waals surface area contributed by atoms with Crippen LogP contribution in [-0.2, 0) is 27.7 Å². The Morgan fingerprint density at radius 2 is 2.08 bits per heavy atom. The fraction of sp³-hybridized carbons (Fsp3) is 0.429. The Kier molecular flexibility index (Phi) is 4.25. The molecule has 1 aliphatic carbocycles. The Balaban J connectivity index is 1.79. The monoisotopic (exact) mass is 392 g/mol. The predicted molar refractivity (Wildman–Crippen MR) is 82.4 cm³/mol. The molecule has 1 aliphatic heterocycles. The second-order valence-corrected chi connectivity index (χ2v) is 7.68. The zero-order valence-electron chi connectivity index (χ0n) is 13.4. The molecule has 0 spiro atoms. The van der Waals surface area contributed by atoms with Crippen molar-refractivity contribution in [3.8, 4) is 0 Å². The molecule has 26 heavy (non-hydrogen) atoms. The van der Waals surface area contributed by atoms with Crippen LogP contribution >= 0.6 is 0 Å². The molecule has 8 nitrogen and oxygen atoms in total. The quantitative estimate of drug-likeness (QED) is 0.804. The average molecular weight is 392 g/mol. The van der Waals surface area contributed by atoms with Crippen molar-refractivity contribution in [1.29, 1.82) is 0 Å². The molecule has 0 saturated carbocycles. The number of alkyl halides is 3. The van der Waals surface area contributed by atoms with Gasteiger partial charge in [-0.05, 0) is 18.1 Å². The summed E-state index contributed by atoms with van der Waals surface area (Å²) in [4.78, 5) is 11.3. The fourth-order valence-electron chi connectivity index (χ4n) is 2.82. The SMILES string of the molecule is CC1C=C(N2CC(=O)NS2(=O)=O)C(O)=CC1Cn1ccc(C(F)(F)F)n1. The summed E-state index contributed by atoms with van der Waals surface area (Å²) in [5.74, 6) is -1.81. The number of amides is 1. The topological polar surface area (TPSA) is 105 Å². The summed E-state index contributed by atoms with van der Waals surface area (Å²) in [5.41, 5.74) is -1.05. The van der Waals surface area contributed by atoms with E-state index >= 15 is 0 Å². The van der Waals surface area contributed by atoms with Gasteiger partial charge in [-0.25, -0.2) is 9.03 Å². The van der Waals surface area contributed by atoms with Crippen molar-refractivity contribution in [3.05, 3.63) is 41.6 Å².